The summed E-state index contributed by atoms with van der Waals surface area (Å²) in [7, 11) is 1.31. The number of benzene rings is 1. The largest absolute Gasteiger partial charge is 0.469 e. The Hall–Kier alpha value is -2.09. The Morgan fingerprint density at radius 2 is 2.17 bits per heavy atom. The molecule has 0 radical (unpaired) electrons. The maximum atomic E-state index is 13.4. The Kier molecular flexibility index (Phi) is 4.67. The molecule has 1 N–H and O–H groups in total. The zero-order chi connectivity index (χ0) is 13.7. The number of ether oxygens (including phenoxy) is 1. The molecule has 18 heavy (non-hydrogen) atoms. The molecule has 96 valence electrons. The summed E-state index contributed by atoms with van der Waals surface area (Å²) in [5.74, 6) is -1.34. The number of carbonyl (C=O) groups excluding carboxylic acids is 1. The van der Waals surface area contributed by atoms with E-state index in [2.05, 4.69) is 10.1 Å². The van der Waals surface area contributed by atoms with Crippen LogP contribution in [0.25, 0.3) is 0 Å². The van der Waals surface area contributed by atoms with Crippen molar-refractivity contribution in [1.29, 1.82) is 5.26 Å². The molecule has 2 atom stereocenters. The van der Waals surface area contributed by atoms with E-state index in [1.54, 1.807) is 26.0 Å². The summed E-state index contributed by atoms with van der Waals surface area (Å²) in [5.41, 5.74) is 0.321. The third kappa shape index (κ3) is 2.98. The monoisotopic (exact) mass is 250 g/mol. The zero-order valence-corrected chi connectivity index (χ0v) is 10.5. The molecule has 4 nitrogen and oxygen atoms in total. The van der Waals surface area contributed by atoms with E-state index in [0.717, 1.165) is 0 Å². The summed E-state index contributed by atoms with van der Waals surface area (Å²) in [6.07, 6.45) is 0. The average Bonchev–Trinajstić information content (AvgIpc) is 2.37. The molecule has 0 aliphatic rings. The Morgan fingerprint density at radius 3 is 2.72 bits per heavy atom. The van der Waals surface area contributed by atoms with Crippen LogP contribution in [-0.2, 0) is 9.53 Å². The highest BCUT2D eigenvalue weighted by Crippen LogP contribution is 2.20. The van der Waals surface area contributed by atoms with Crippen LogP contribution in [-0.4, -0.2) is 19.1 Å². The van der Waals surface area contributed by atoms with Crippen LogP contribution in [0, 0.1) is 23.1 Å². The van der Waals surface area contributed by atoms with Crippen LogP contribution < -0.4 is 5.32 Å². The molecule has 0 aliphatic carbocycles. The topological polar surface area (TPSA) is 62.1 Å². The third-order valence-corrected chi connectivity index (χ3v) is 2.83. The summed E-state index contributed by atoms with van der Waals surface area (Å²) in [6.45, 7) is 3.47. The van der Waals surface area contributed by atoms with E-state index in [9.17, 15) is 9.18 Å². The van der Waals surface area contributed by atoms with E-state index in [1.807, 2.05) is 0 Å². The molecule has 1 rings (SSSR count). The molecular weight excluding hydrogens is 235 g/mol. The molecule has 0 bridgehead atoms. The quantitative estimate of drug-likeness (QED) is 0.833. The summed E-state index contributed by atoms with van der Waals surface area (Å²) in [5, 5.41) is 11.8. The molecule has 0 aromatic heterocycles. The van der Waals surface area contributed by atoms with Crippen molar-refractivity contribution in [3.05, 3.63) is 29.6 Å². The highest BCUT2D eigenvalue weighted by molar-refractivity contribution is 5.73. The molecule has 0 fully saturated rings. The fourth-order valence-corrected chi connectivity index (χ4v) is 1.52. The lowest BCUT2D eigenvalue weighted by Gasteiger charge is -2.21. The van der Waals surface area contributed by atoms with Gasteiger partial charge in [-0.3, -0.25) is 4.79 Å². The molecule has 2 unspecified atom stereocenters. The van der Waals surface area contributed by atoms with Gasteiger partial charge in [0.05, 0.1) is 18.7 Å². The first kappa shape index (κ1) is 14.0. The van der Waals surface area contributed by atoms with Gasteiger partial charge in [-0.1, -0.05) is 6.07 Å². The molecule has 0 aliphatic heterocycles. The molecule has 5 heteroatoms. The van der Waals surface area contributed by atoms with Gasteiger partial charge in [0.1, 0.15) is 17.4 Å². The van der Waals surface area contributed by atoms with Crippen molar-refractivity contribution >= 4 is 11.7 Å². The van der Waals surface area contributed by atoms with Crippen LogP contribution in [0.5, 0.6) is 0 Å². The van der Waals surface area contributed by atoms with Gasteiger partial charge in [0, 0.05) is 6.04 Å². The van der Waals surface area contributed by atoms with E-state index in [1.165, 1.54) is 19.2 Å². The van der Waals surface area contributed by atoms with Gasteiger partial charge < -0.3 is 10.1 Å². The van der Waals surface area contributed by atoms with Crippen LogP contribution >= 0.6 is 0 Å². The van der Waals surface area contributed by atoms with E-state index in [4.69, 9.17) is 5.26 Å². The first-order valence-electron chi connectivity index (χ1n) is 5.54. The van der Waals surface area contributed by atoms with E-state index in [-0.39, 0.29) is 17.6 Å². The van der Waals surface area contributed by atoms with Crippen molar-refractivity contribution in [1.82, 2.24) is 0 Å². The van der Waals surface area contributed by atoms with Crippen LogP contribution in [0.2, 0.25) is 0 Å². The van der Waals surface area contributed by atoms with Crippen molar-refractivity contribution < 1.29 is 13.9 Å². The number of hydrogen-bond acceptors (Lipinski definition) is 4. The number of halogens is 1. The number of nitrogens with one attached hydrogen (secondary N) is 1. The number of nitriles is 1. The summed E-state index contributed by atoms with van der Waals surface area (Å²) in [6, 6.07) is 5.85. The lowest BCUT2D eigenvalue weighted by Crippen LogP contribution is -2.31. The number of nitrogens with zero attached hydrogens (tertiary/aromatic N) is 1. The first-order chi connectivity index (χ1) is 8.51. The maximum Gasteiger partial charge on any atom is 0.310 e. The molecule has 1 aromatic rings. The van der Waals surface area contributed by atoms with Crippen molar-refractivity contribution in [2.75, 3.05) is 12.4 Å². The predicted octanol–water partition coefficient (Wildman–Crippen LogP) is 2.31. The normalized spacial score (nSPS) is 13.3. The lowest BCUT2D eigenvalue weighted by molar-refractivity contribution is -0.145. The van der Waals surface area contributed by atoms with Crippen LogP contribution in [0.15, 0.2) is 18.2 Å². The Bertz CT molecular complexity index is 482. The van der Waals surface area contributed by atoms with Crippen molar-refractivity contribution in [3.63, 3.8) is 0 Å². The smallest absolute Gasteiger partial charge is 0.310 e. The third-order valence-electron chi connectivity index (χ3n) is 2.83. The van der Waals surface area contributed by atoms with E-state index in [0.29, 0.717) is 5.69 Å². The first-order valence-corrected chi connectivity index (χ1v) is 5.54. The highest BCUT2D eigenvalue weighted by atomic mass is 19.1. The molecule has 0 saturated heterocycles. The van der Waals surface area contributed by atoms with Gasteiger partial charge in [0.25, 0.3) is 0 Å². The number of carbonyl (C=O) groups is 1. The molecule has 1 aromatic carbocycles. The van der Waals surface area contributed by atoms with Crippen LogP contribution in [0.4, 0.5) is 10.1 Å². The highest BCUT2D eigenvalue weighted by Gasteiger charge is 2.21. The van der Waals surface area contributed by atoms with Crippen molar-refractivity contribution in [3.8, 4) is 6.07 Å². The average molecular weight is 250 g/mol. The molecule has 0 saturated carbocycles. The lowest BCUT2D eigenvalue weighted by atomic mass is 10.0. The number of methoxy groups -OCH3 is 1. The van der Waals surface area contributed by atoms with E-state index >= 15 is 0 Å². The number of rotatable bonds is 4. The second kappa shape index (κ2) is 6.01. The van der Waals surface area contributed by atoms with Gasteiger partial charge in [-0.25, -0.2) is 4.39 Å². The summed E-state index contributed by atoms with van der Waals surface area (Å²) >= 11 is 0. The molecule has 0 amide bonds. The fourth-order valence-electron chi connectivity index (χ4n) is 1.52. The van der Waals surface area contributed by atoms with Gasteiger partial charge in [0.2, 0.25) is 0 Å². The molecule has 0 spiro atoms. The minimum atomic E-state index is -0.583. The number of esters is 1. The number of hydrogen-bond donors (Lipinski definition) is 1. The summed E-state index contributed by atoms with van der Waals surface area (Å²) < 4.78 is 18.0. The van der Waals surface area contributed by atoms with Gasteiger partial charge in [0.15, 0.2) is 0 Å². The summed E-state index contributed by atoms with van der Waals surface area (Å²) in [4.78, 5) is 11.4. The van der Waals surface area contributed by atoms with Crippen molar-refractivity contribution in [2.45, 2.75) is 19.9 Å². The van der Waals surface area contributed by atoms with Crippen molar-refractivity contribution in [2.24, 2.45) is 5.92 Å². The van der Waals surface area contributed by atoms with Gasteiger partial charge in [-0.05, 0) is 26.0 Å². The van der Waals surface area contributed by atoms with Gasteiger partial charge in [-0.15, -0.1) is 0 Å². The second-order valence-electron chi connectivity index (χ2n) is 4.02. The predicted molar refractivity (Wildman–Crippen MR) is 65.4 cm³/mol. The molecule has 0 heterocycles. The standard InChI is InChI=1S/C13H15FN2O2/c1-8(13(17)18-3)9(2)16-12-6-4-5-11(14)10(12)7-15/h4-6,8-9,16H,1-3H3. The molecular formula is C13H15FN2O2. The minimum absolute atomic E-state index is 0.0542. The fraction of sp³-hybridized carbons (Fsp3) is 0.385. The Balaban J connectivity index is 2.89. The van der Waals surface area contributed by atoms with Crippen LogP contribution in [0.3, 0.4) is 0 Å². The van der Waals surface area contributed by atoms with Gasteiger partial charge >= 0.3 is 5.97 Å². The minimum Gasteiger partial charge on any atom is -0.469 e. The Labute approximate surface area is 105 Å². The van der Waals surface area contributed by atoms with E-state index < -0.39 is 11.7 Å². The SMILES string of the molecule is COC(=O)C(C)C(C)Nc1cccc(F)c1C#N. The maximum absolute atomic E-state index is 13.4. The Morgan fingerprint density at radius 1 is 1.50 bits per heavy atom. The number of anilines is 1. The zero-order valence-electron chi connectivity index (χ0n) is 10.5. The van der Waals surface area contributed by atoms with Crippen LogP contribution in [0.1, 0.15) is 19.4 Å². The van der Waals surface area contributed by atoms with Gasteiger partial charge in [-0.2, -0.15) is 5.26 Å². The second-order valence-corrected chi connectivity index (χ2v) is 4.02.